The van der Waals surface area contributed by atoms with Crippen molar-refractivity contribution < 1.29 is 14.3 Å². The lowest BCUT2D eigenvalue weighted by atomic mass is 10.1. The standard InChI is InChI=1S/C21H25N7O3/c1-30-20-16(3-2-6-23-20)17-14-24-28-8-5-18(25-19(17)28)26-9-11-27(12-10-26)21(29)31-15-4-7-22-13-15/h2-3,5-6,8,14-15,22H,4,7,9-13H2,1H3. The number of ether oxygens (including phenoxy) is 2. The number of carbonyl (C=O) groups excluding carboxylic acids is 1. The van der Waals surface area contributed by atoms with E-state index in [4.69, 9.17) is 14.5 Å². The summed E-state index contributed by atoms with van der Waals surface area (Å²) in [6, 6.07) is 5.76. The summed E-state index contributed by atoms with van der Waals surface area (Å²) in [5.41, 5.74) is 2.44. The van der Waals surface area contributed by atoms with E-state index in [2.05, 4.69) is 20.3 Å². The first-order chi connectivity index (χ1) is 15.2. The number of nitrogens with one attached hydrogen (secondary N) is 1. The Morgan fingerprint density at radius 3 is 2.84 bits per heavy atom. The van der Waals surface area contributed by atoms with Gasteiger partial charge in [-0.25, -0.2) is 19.3 Å². The molecule has 0 bridgehead atoms. The summed E-state index contributed by atoms with van der Waals surface area (Å²) in [6.07, 6.45) is 6.01. The molecule has 5 rings (SSSR count). The van der Waals surface area contributed by atoms with Crippen LogP contribution in [-0.4, -0.2) is 83.1 Å². The summed E-state index contributed by atoms with van der Waals surface area (Å²) in [5, 5.41) is 7.63. The van der Waals surface area contributed by atoms with Gasteiger partial charge in [-0.05, 0) is 31.2 Å². The van der Waals surface area contributed by atoms with Gasteiger partial charge in [-0.2, -0.15) is 5.10 Å². The van der Waals surface area contributed by atoms with Crippen LogP contribution < -0.4 is 15.0 Å². The van der Waals surface area contributed by atoms with E-state index in [1.54, 1.807) is 28.9 Å². The third-order valence-electron chi connectivity index (χ3n) is 5.75. The minimum atomic E-state index is -0.224. The smallest absolute Gasteiger partial charge is 0.410 e. The third kappa shape index (κ3) is 3.86. The maximum atomic E-state index is 12.4. The van der Waals surface area contributed by atoms with Crippen LogP contribution in [0.1, 0.15) is 6.42 Å². The summed E-state index contributed by atoms with van der Waals surface area (Å²) in [6.45, 7) is 4.25. The molecule has 10 nitrogen and oxygen atoms in total. The van der Waals surface area contributed by atoms with Crippen molar-refractivity contribution in [3.63, 3.8) is 0 Å². The summed E-state index contributed by atoms with van der Waals surface area (Å²) < 4.78 is 12.7. The second-order valence-corrected chi connectivity index (χ2v) is 7.65. The van der Waals surface area contributed by atoms with Gasteiger partial charge in [0.05, 0.1) is 18.9 Å². The molecule has 3 aromatic rings. The number of pyridine rings is 1. The van der Waals surface area contributed by atoms with Gasteiger partial charge >= 0.3 is 6.09 Å². The van der Waals surface area contributed by atoms with E-state index in [9.17, 15) is 4.79 Å². The molecule has 1 N–H and O–H groups in total. The number of aromatic nitrogens is 4. The quantitative estimate of drug-likeness (QED) is 0.673. The number of piperazine rings is 1. The van der Waals surface area contributed by atoms with Gasteiger partial charge in [0.1, 0.15) is 11.9 Å². The molecule has 31 heavy (non-hydrogen) atoms. The largest absolute Gasteiger partial charge is 0.481 e. The molecule has 0 aromatic carbocycles. The predicted octanol–water partition coefficient (Wildman–Crippen LogP) is 1.42. The van der Waals surface area contributed by atoms with Gasteiger partial charge in [-0.3, -0.25) is 0 Å². The van der Waals surface area contributed by atoms with Crippen molar-refractivity contribution in [1.82, 2.24) is 29.8 Å². The van der Waals surface area contributed by atoms with E-state index in [-0.39, 0.29) is 12.2 Å². The number of hydrogen-bond acceptors (Lipinski definition) is 8. The normalized spacial score (nSPS) is 19.1. The maximum Gasteiger partial charge on any atom is 0.410 e. The highest BCUT2D eigenvalue weighted by molar-refractivity contribution is 5.80. The Kier molecular flexibility index (Phi) is 5.29. The first-order valence-corrected chi connectivity index (χ1v) is 10.5. The maximum absolute atomic E-state index is 12.4. The van der Waals surface area contributed by atoms with Gasteiger partial charge in [0.2, 0.25) is 5.88 Å². The highest BCUT2D eigenvalue weighted by atomic mass is 16.6. The average Bonchev–Trinajstić information content (AvgIpc) is 3.48. The van der Waals surface area contributed by atoms with Crippen LogP contribution in [0.5, 0.6) is 5.88 Å². The van der Waals surface area contributed by atoms with E-state index in [1.165, 1.54) is 0 Å². The first-order valence-electron chi connectivity index (χ1n) is 10.5. The number of anilines is 1. The molecule has 2 aliphatic heterocycles. The molecule has 2 fully saturated rings. The van der Waals surface area contributed by atoms with Crippen molar-refractivity contribution in [2.45, 2.75) is 12.5 Å². The van der Waals surface area contributed by atoms with Crippen molar-refractivity contribution in [2.75, 3.05) is 51.3 Å². The van der Waals surface area contributed by atoms with E-state index in [0.717, 1.165) is 42.1 Å². The molecule has 1 atom stereocenters. The molecule has 0 aliphatic carbocycles. The average molecular weight is 423 g/mol. The molecule has 10 heteroatoms. The SMILES string of the molecule is COc1ncccc1-c1cnn2ccc(N3CCN(C(=O)OC4CCNC4)CC3)nc12. The minimum Gasteiger partial charge on any atom is -0.481 e. The zero-order valence-corrected chi connectivity index (χ0v) is 17.4. The highest BCUT2D eigenvalue weighted by Crippen LogP contribution is 2.31. The molecule has 0 spiro atoms. The zero-order chi connectivity index (χ0) is 21.2. The van der Waals surface area contributed by atoms with Gasteiger partial charge in [0, 0.05) is 50.7 Å². The van der Waals surface area contributed by atoms with Crippen molar-refractivity contribution in [2.24, 2.45) is 0 Å². The van der Waals surface area contributed by atoms with Crippen molar-refractivity contribution in [1.29, 1.82) is 0 Å². The van der Waals surface area contributed by atoms with Crippen LogP contribution in [0.3, 0.4) is 0 Å². The number of nitrogens with zero attached hydrogens (tertiary/aromatic N) is 6. The van der Waals surface area contributed by atoms with E-state index in [0.29, 0.717) is 32.1 Å². The van der Waals surface area contributed by atoms with Crippen molar-refractivity contribution in [3.8, 4) is 17.0 Å². The molecule has 3 aromatic heterocycles. The minimum absolute atomic E-state index is 0.0145. The number of amides is 1. The van der Waals surface area contributed by atoms with Crippen LogP contribution in [0.15, 0.2) is 36.8 Å². The van der Waals surface area contributed by atoms with Gasteiger partial charge in [0.15, 0.2) is 5.65 Å². The van der Waals surface area contributed by atoms with Crippen LogP contribution in [0.4, 0.5) is 10.6 Å². The summed E-state index contributed by atoms with van der Waals surface area (Å²) in [5.74, 6) is 1.39. The Hall–Kier alpha value is -3.40. The molecule has 0 saturated carbocycles. The summed E-state index contributed by atoms with van der Waals surface area (Å²) in [7, 11) is 1.60. The van der Waals surface area contributed by atoms with Crippen LogP contribution in [-0.2, 0) is 4.74 Å². The van der Waals surface area contributed by atoms with Crippen LogP contribution in [0.2, 0.25) is 0 Å². The van der Waals surface area contributed by atoms with Crippen molar-refractivity contribution in [3.05, 3.63) is 36.8 Å². The molecule has 2 aliphatic rings. The highest BCUT2D eigenvalue weighted by Gasteiger charge is 2.27. The van der Waals surface area contributed by atoms with Gasteiger partial charge < -0.3 is 24.6 Å². The molecular formula is C21H25N7O3. The summed E-state index contributed by atoms with van der Waals surface area (Å²) >= 11 is 0. The van der Waals surface area contributed by atoms with Gasteiger partial charge in [0.25, 0.3) is 0 Å². The Bertz CT molecular complexity index is 1070. The lowest BCUT2D eigenvalue weighted by Crippen LogP contribution is -2.49. The van der Waals surface area contributed by atoms with Crippen molar-refractivity contribution >= 4 is 17.6 Å². The topological polar surface area (TPSA) is 97.1 Å². The summed E-state index contributed by atoms with van der Waals surface area (Å²) in [4.78, 5) is 25.5. The predicted molar refractivity (Wildman–Crippen MR) is 114 cm³/mol. The fourth-order valence-electron chi connectivity index (χ4n) is 4.05. The van der Waals surface area contributed by atoms with Crippen LogP contribution in [0, 0.1) is 0 Å². The lowest BCUT2D eigenvalue weighted by molar-refractivity contribution is 0.0687. The Labute approximate surface area is 179 Å². The number of hydrogen-bond donors (Lipinski definition) is 1. The van der Waals surface area contributed by atoms with Gasteiger partial charge in [-0.1, -0.05) is 0 Å². The van der Waals surface area contributed by atoms with E-state index in [1.807, 2.05) is 24.4 Å². The van der Waals surface area contributed by atoms with Crippen LogP contribution in [0.25, 0.3) is 16.8 Å². The first kappa shape index (κ1) is 19.6. The second-order valence-electron chi connectivity index (χ2n) is 7.65. The zero-order valence-electron chi connectivity index (χ0n) is 17.4. The second kappa shape index (κ2) is 8.38. The number of carbonyl (C=O) groups is 1. The third-order valence-corrected chi connectivity index (χ3v) is 5.75. The Balaban J connectivity index is 1.31. The molecule has 162 valence electrons. The molecule has 1 unspecified atom stereocenters. The Morgan fingerprint density at radius 1 is 1.19 bits per heavy atom. The molecule has 1 amide bonds. The number of methoxy groups -OCH3 is 1. The Morgan fingerprint density at radius 2 is 2.06 bits per heavy atom. The fraction of sp³-hybridized carbons (Fsp3) is 0.429. The van der Waals surface area contributed by atoms with E-state index >= 15 is 0 Å². The fourth-order valence-corrected chi connectivity index (χ4v) is 4.05. The monoisotopic (exact) mass is 423 g/mol. The molecular weight excluding hydrogens is 398 g/mol. The lowest BCUT2D eigenvalue weighted by Gasteiger charge is -2.35. The molecule has 0 radical (unpaired) electrons. The molecule has 5 heterocycles. The number of fused-ring (bicyclic) bond motifs is 1. The van der Waals surface area contributed by atoms with E-state index < -0.39 is 0 Å². The number of rotatable bonds is 4. The molecule has 2 saturated heterocycles. The van der Waals surface area contributed by atoms with Gasteiger partial charge in [-0.15, -0.1) is 0 Å². The van der Waals surface area contributed by atoms with Crippen LogP contribution >= 0.6 is 0 Å².